The van der Waals surface area contributed by atoms with Gasteiger partial charge in [-0.2, -0.15) is 0 Å². The van der Waals surface area contributed by atoms with E-state index in [4.69, 9.17) is 0 Å². The Balaban J connectivity index is 0.000000147. The third-order valence-electron chi connectivity index (χ3n) is 25.3. The predicted molar refractivity (Wildman–Crippen MR) is 521 cm³/mol. The largest absolute Gasteiger partial charge is 0.316 e. The molecule has 22 aromatic carbocycles. The molecule has 0 aliphatic heterocycles. The minimum absolute atomic E-state index is 1.13. The molecular formula is C120H78N2. The van der Waals surface area contributed by atoms with E-state index in [0.29, 0.717) is 0 Å². The Morgan fingerprint density at radius 1 is 0.115 bits per heavy atom. The van der Waals surface area contributed by atoms with Crippen LogP contribution in [0.15, 0.2) is 473 Å². The first-order valence-electron chi connectivity index (χ1n) is 42.1. The second kappa shape index (κ2) is 30.2. The molecule has 24 rings (SSSR count). The van der Waals surface area contributed by atoms with Crippen LogP contribution in [0, 0.1) is 0 Å². The second-order valence-electron chi connectivity index (χ2n) is 32.2. The van der Waals surface area contributed by atoms with E-state index in [1.807, 2.05) is 0 Å². The van der Waals surface area contributed by atoms with Gasteiger partial charge >= 0.3 is 0 Å². The van der Waals surface area contributed by atoms with Gasteiger partial charge in [0, 0.05) is 45.7 Å². The average Bonchev–Trinajstić information content (AvgIpc) is 1.60. The monoisotopic (exact) mass is 1550 g/mol. The number of fused-ring (bicyclic) bond motifs is 14. The van der Waals surface area contributed by atoms with Crippen LogP contribution >= 0.6 is 0 Å². The van der Waals surface area contributed by atoms with Gasteiger partial charge in [0.25, 0.3) is 0 Å². The first-order chi connectivity index (χ1) is 60.5. The zero-order valence-electron chi connectivity index (χ0n) is 66.9. The molecule has 568 valence electrons. The zero-order valence-corrected chi connectivity index (χ0v) is 66.9. The molecule has 2 heterocycles. The van der Waals surface area contributed by atoms with E-state index < -0.39 is 0 Å². The van der Waals surface area contributed by atoms with E-state index in [-0.39, 0.29) is 0 Å². The third-order valence-corrected chi connectivity index (χ3v) is 25.3. The minimum atomic E-state index is 1.13. The van der Waals surface area contributed by atoms with Gasteiger partial charge < -0.3 is 9.13 Å². The van der Waals surface area contributed by atoms with Crippen LogP contribution in [0.1, 0.15) is 0 Å². The maximum atomic E-state index is 2.39. The lowest BCUT2D eigenvalue weighted by Gasteiger charge is -2.13. The fourth-order valence-electron chi connectivity index (χ4n) is 19.1. The van der Waals surface area contributed by atoms with Crippen LogP contribution in [-0.2, 0) is 0 Å². The number of benzene rings is 22. The van der Waals surface area contributed by atoms with E-state index in [0.717, 1.165) is 11.4 Å². The van der Waals surface area contributed by atoms with E-state index >= 15 is 0 Å². The summed E-state index contributed by atoms with van der Waals surface area (Å²) in [6.45, 7) is 0. The quantitative estimate of drug-likeness (QED) is 0.108. The number of hydrogen-bond acceptors (Lipinski definition) is 0. The first kappa shape index (κ1) is 71.3. The number of nitrogens with zero attached hydrogens (tertiary/aromatic N) is 2. The highest BCUT2D eigenvalue weighted by Gasteiger charge is 2.21. The molecule has 0 N–H and O–H groups in total. The van der Waals surface area contributed by atoms with E-state index in [1.54, 1.807) is 0 Å². The summed E-state index contributed by atoms with van der Waals surface area (Å²) in [6.07, 6.45) is 4.66. The van der Waals surface area contributed by atoms with Crippen LogP contribution < -0.4 is 0 Å². The lowest BCUT2D eigenvalue weighted by atomic mass is 9.91. The van der Waals surface area contributed by atoms with Crippen molar-refractivity contribution >= 4 is 108 Å². The maximum Gasteiger partial charge on any atom is 0.0535 e. The molecule has 2 heteroatoms. The molecule has 0 bridgehead atoms. The summed E-state index contributed by atoms with van der Waals surface area (Å²) >= 11 is 0. The molecule has 0 aliphatic carbocycles. The van der Waals surface area contributed by atoms with Crippen LogP contribution in [0.3, 0.4) is 0 Å². The van der Waals surface area contributed by atoms with Crippen molar-refractivity contribution in [3.8, 4) is 123 Å². The number of hydrogen-bond donors (Lipinski definition) is 0. The molecule has 0 fully saturated rings. The summed E-state index contributed by atoms with van der Waals surface area (Å²) in [5.41, 5.74) is 28.9. The maximum absolute atomic E-state index is 2.39. The highest BCUT2D eigenvalue weighted by Crippen LogP contribution is 2.46. The Morgan fingerprint density at radius 3 is 0.852 bits per heavy atom. The Labute approximate surface area is 708 Å². The van der Waals surface area contributed by atoms with Gasteiger partial charge in [-0.05, 0) is 259 Å². The van der Waals surface area contributed by atoms with Crippen molar-refractivity contribution in [3.05, 3.63) is 473 Å². The van der Waals surface area contributed by atoms with Crippen molar-refractivity contribution < 1.29 is 0 Å². The van der Waals surface area contributed by atoms with Crippen molar-refractivity contribution in [2.45, 2.75) is 0 Å². The van der Waals surface area contributed by atoms with Crippen LogP contribution in [-0.4, -0.2) is 9.13 Å². The molecule has 24 aromatic rings. The average molecular weight is 1550 g/mol. The fraction of sp³-hybridized carbons (Fsp3) is 0. The standard InChI is InChI=1S/C68H43N.C52H35N/c1-4-12-58-47(9-1)25-27-55-39-51(31-36-61(55)58)44-17-19-46(20-18-44)53-33-38-68-66(41-53)67(50-23-21-45(22-24-50)52-32-37-62-56(40-52)28-26-48-10-2-5-13-59(48)62)43-69(68)57-34-29-49(30-35-57)65-42-54-11-3-6-14-60(54)63-15-7-8-16-64(63)65;1-3-15-36(16-4-1)42-20-9-10-22-44(42)40-29-32-52-50(34-40)51(47-25-12-11-21-43(47)37-17-5-2-6-18-37)35-53(52)41-30-27-38(28-31-41)49-33-39-19-7-8-23-45(39)46-24-13-14-26-48(46)49/h1-43H;1-35H. The van der Waals surface area contributed by atoms with Crippen molar-refractivity contribution in [1.29, 1.82) is 0 Å². The smallest absolute Gasteiger partial charge is 0.0535 e. The van der Waals surface area contributed by atoms with E-state index in [9.17, 15) is 0 Å². The molecule has 2 nitrogen and oxygen atoms in total. The Kier molecular flexibility index (Phi) is 17.6. The summed E-state index contributed by atoms with van der Waals surface area (Å²) < 4.78 is 4.73. The molecular weight excluding hydrogens is 1470 g/mol. The van der Waals surface area contributed by atoms with Gasteiger partial charge in [0.2, 0.25) is 0 Å². The lowest BCUT2D eigenvalue weighted by molar-refractivity contribution is 1.13. The summed E-state index contributed by atoms with van der Waals surface area (Å²) in [5, 5.41) is 22.8. The molecule has 2 aromatic heterocycles. The van der Waals surface area contributed by atoms with Crippen LogP contribution in [0.2, 0.25) is 0 Å². The van der Waals surface area contributed by atoms with Gasteiger partial charge in [-0.3, -0.25) is 0 Å². The van der Waals surface area contributed by atoms with Crippen LogP contribution in [0.4, 0.5) is 0 Å². The molecule has 0 aliphatic rings. The first-order valence-corrected chi connectivity index (χ1v) is 42.1. The van der Waals surface area contributed by atoms with Crippen molar-refractivity contribution in [2.24, 2.45) is 0 Å². The molecule has 0 spiro atoms. The molecule has 0 atom stereocenters. The summed E-state index contributed by atoms with van der Waals surface area (Å²) in [6, 6.07) is 169. The normalized spacial score (nSPS) is 11.6. The molecule has 0 amide bonds. The summed E-state index contributed by atoms with van der Waals surface area (Å²) in [5.74, 6) is 0. The van der Waals surface area contributed by atoms with Crippen molar-refractivity contribution in [2.75, 3.05) is 0 Å². The van der Waals surface area contributed by atoms with Crippen molar-refractivity contribution in [1.82, 2.24) is 9.13 Å². The molecule has 0 radical (unpaired) electrons. The zero-order chi connectivity index (χ0) is 80.6. The fourth-order valence-corrected chi connectivity index (χ4v) is 19.1. The minimum Gasteiger partial charge on any atom is -0.316 e. The van der Waals surface area contributed by atoms with Gasteiger partial charge in [-0.1, -0.05) is 388 Å². The SMILES string of the molecule is c1ccc(-c2ccccc2-c2ccc3c(c2)c(-c2ccccc2-c2ccccc2)cn3-c2ccc(-c3cc4ccccc4c4ccccc34)cc2)cc1.c1ccc2c(c1)ccc1cc(-c3ccc(-c4ccc5c(c4)c(-c4ccc(-c6ccc7c(ccc8ccccc87)c6)cc4)cn5-c4ccc(-c5cc6ccccc6c6ccccc56)cc4)cc3)ccc12. The van der Waals surface area contributed by atoms with Crippen LogP contribution in [0.5, 0.6) is 0 Å². The van der Waals surface area contributed by atoms with Crippen LogP contribution in [0.25, 0.3) is 231 Å². The van der Waals surface area contributed by atoms with Gasteiger partial charge in [0.1, 0.15) is 0 Å². The van der Waals surface area contributed by atoms with Gasteiger partial charge in [0.15, 0.2) is 0 Å². The second-order valence-corrected chi connectivity index (χ2v) is 32.2. The number of aromatic nitrogens is 2. The Bertz CT molecular complexity index is 8190. The summed E-state index contributed by atoms with van der Waals surface area (Å²) in [7, 11) is 0. The molecule has 0 saturated heterocycles. The van der Waals surface area contributed by atoms with E-state index in [1.165, 1.54) is 219 Å². The highest BCUT2D eigenvalue weighted by molar-refractivity contribution is 6.16. The Hall–Kier alpha value is -16.0. The Morgan fingerprint density at radius 2 is 0.385 bits per heavy atom. The molecule has 0 unspecified atom stereocenters. The lowest BCUT2D eigenvalue weighted by Crippen LogP contribution is -1.92. The van der Waals surface area contributed by atoms with Gasteiger partial charge in [-0.15, -0.1) is 0 Å². The van der Waals surface area contributed by atoms with Gasteiger partial charge in [-0.25, -0.2) is 0 Å². The topological polar surface area (TPSA) is 9.86 Å². The summed E-state index contributed by atoms with van der Waals surface area (Å²) in [4.78, 5) is 0. The molecule has 0 saturated carbocycles. The van der Waals surface area contributed by atoms with E-state index in [2.05, 4.69) is 483 Å². The highest BCUT2D eigenvalue weighted by atomic mass is 15.0. The van der Waals surface area contributed by atoms with Crippen molar-refractivity contribution in [3.63, 3.8) is 0 Å². The number of rotatable bonds is 12. The third kappa shape index (κ3) is 12.8. The predicted octanol–water partition coefficient (Wildman–Crippen LogP) is 33.2. The molecule has 122 heavy (non-hydrogen) atoms. The van der Waals surface area contributed by atoms with Gasteiger partial charge in [0.05, 0.1) is 11.0 Å².